The Balaban J connectivity index is 1.68. The normalized spacial score (nSPS) is 15.8. The van der Waals surface area contributed by atoms with E-state index in [4.69, 9.17) is 5.11 Å². The van der Waals surface area contributed by atoms with Crippen molar-refractivity contribution >= 4 is 11.5 Å². The Labute approximate surface area is 145 Å². The monoisotopic (exact) mass is 339 g/mol. The predicted molar refractivity (Wildman–Crippen MR) is 95.8 cm³/mol. The molecule has 7 nitrogen and oxygen atoms in total. The molecule has 3 aromatic rings. The molecule has 0 spiro atoms. The molecule has 1 fully saturated rings. The maximum atomic E-state index is 9.50. The number of aliphatic hydroxyl groups is 1. The summed E-state index contributed by atoms with van der Waals surface area (Å²) in [5, 5.41) is 23.0. The second kappa shape index (κ2) is 6.70. The largest absolute Gasteiger partial charge is 0.508 e. The first-order valence-electron chi connectivity index (χ1n) is 8.47. The zero-order chi connectivity index (χ0) is 17.2. The number of anilines is 1. The van der Waals surface area contributed by atoms with Crippen LogP contribution in [0.1, 0.15) is 0 Å². The van der Waals surface area contributed by atoms with Crippen LogP contribution < -0.4 is 4.90 Å². The Kier molecular flexibility index (Phi) is 4.25. The molecular formula is C18H21N5O2. The molecule has 1 saturated heterocycles. The molecule has 1 aromatic carbocycles. The van der Waals surface area contributed by atoms with E-state index in [0.717, 1.165) is 55.4 Å². The summed E-state index contributed by atoms with van der Waals surface area (Å²) in [4.78, 5) is 9.25. The Bertz CT molecular complexity index is 854. The zero-order valence-electron chi connectivity index (χ0n) is 13.9. The quantitative estimate of drug-likeness (QED) is 0.744. The first kappa shape index (κ1) is 15.9. The molecule has 0 bridgehead atoms. The molecule has 1 aliphatic rings. The van der Waals surface area contributed by atoms with Gasteiger partial charge in [0, 0.05) is 50.4 Å². The van der Waals surface area contributed by atoms with Crippen molar-refractivity contribution in [3.63, 3.8) is 0 Å². The van der Waals surface area contributed by atoms with Crippen molar-refractivity contribution in [2.45, 2.75) is 0 Å². The molecule has 4 rings (SSSR count). The topological polar surface area (TPSA) is 77.1 Å². The maximum Gasteiger partial charge on any atom is 0.157 e. The van der Waals surface area contributed by atoms with Crippen LogP contribution >= 0.6 is 0 Å². The van der Waals surface area contributed by atoms with Gasteiger partial charge in [0.1, 0.15) is 11.6 Å². The number of aliphatic hydroxyl groups excluding tert-OH is 1. The van der Waals surface area contributed by atoms with E-state index in [2.05, 4.69) is 19.9 Å². The summed E-state index contributed by atoms with van der Waals surface area (Å²) in [5.74, 6) is 1.26. The lowest BCUT2D eigenvalue weighted by Gasteiger charge is -2.35. The van der Waals surface area contributed by atoms with E-state index in [-0.39, 0.29) is 12.4 Å². The van der Waals surface area contributed by atoms with Crippen LogP contribution in [0.15, 0.2) is 42.6 Å². The minimum absolute atomic E-state index is 0.198. The number of aromatic hydroxyl groups is 1. The van der Waals surface area contributed by atoms with Crippen molar-refractivity contribution in [2.24, 2.45) is 0 Å². The van der Waals surface area contributed by atoms with Crippen molar-refractivity contribution in [2.75, 3.05) is 44.2 Å². The number of rotatable bonds is 4. The zero-order valence-corrected chi connectivity index (χ0v) is 13.9. The summed E-state index contributed by atoms with van der Waals surface area (Å²) in [6, 6.07) is 11.0. The number of β-amino-alcohol motifs (C(OH)–C–C–N with tert-alkyl or cyclic N) is 1. The molecule has 7 heteroatoms. The summed E-state index contributed by atoms with van der Waals surface area (Å²) in [6.07, 6.45) is 1.76. The van der Waals surface area contributed by atoms with Gasteiger partial charge in [-0.1, -0.05) is 0 Å². The van der Waals surface area contributed by atoms with Gasteiger partial charge in [0.2, 0.25) is 0 Å². The Morgan fingerprint density at radius 1 is 1.00 bits per heavy atom. The maximum absolute atomic E-state index is 9.50. The molecule has 0 atom stereocenters. The van der Waals surface area contributed by atoms with Crippen LogP contribution in [0.4, 0.5) is 5.82 Å². The van der Waals surface area contributed by atoms with Gasteiger partial charge in [-0.2, -0.15) is 9.61 Å². The van der Waals surface area contributed by atoms with Gasteiger partial charge in [-0.3, -0.25) is 4.90 Å². The standard InChI is InChI=1S/C18H21N5O2/c24-12-11-21-7-9-22(10-8-21)18-13-16(14-1-3-15(25)4-2-14)20-17-5-6-19-23(17)18/h1-6,13,24-25H,7-12H2. The number of aromatic nitrogens is 3. The van der Waals surface area contributed by atoms with Gasteiger partial charge in [-0.25, -0.2) is 4.98 Å². The van der Waals surface area contributed by atoms with Crippen molar-refractivity contribution in [1.29, 1.82) is 0 Å². The molecule has 0 radical (unpaired) electrons. The summed E-state index contributed by atoms with van der Waals surface area (Å²) >= 11 is 0. The fraction of sp³-hybridized carbons (Fsp3) is 0.333. The third-order valence-electron chi connectivity index (χ3n) is 4.62. The van der Waals surface area contributed by atoms with E-state index in [0.29, 0.717) is 0 Å². The minimum atomic E-state index is 0.198. The Morgan fingerprint density at radius 3 is 2.48 bits per heavy atom. The highest BCUT2D eigenvalue weighted by Gasteiger charge is 2.20. The lowest BCUT2D eigenvalue weighted by atomic mass is 10.1. The predicted octanol–water partition coefficient (Wildman–Crippen LogP) is 1.22. The summed E-state index contributed by atoms with van der Waals surface area (Å²) in [7, 11) is 0. The number of fused-ring (bicyclic) bond motifs is 1. The molecule has 130 valence electrons. The van der Waals surface area contributed by atoms with E-state index in [1.807, 2.05) is 28.8 Å². The highest BCUT2D eigenvalue weighted by molar-refractivity contribution is 5.67. The molecule has 0 amide bonds. The van der Waals surface area contributed by atoms with Gasteiger partial charge >= 0.3 is 0 Å². The summed E-state index contributed by atoms with van der Waals surface area (Å²) in [6.45, 7) is 4.52. The lowest BCUT2D eigenvalue weighted by Crippen LogP contribution is -2.47. The van der Waals surface area contributed by atoms with E-state index in [9.17, 15) is 5.11 Å². The smallest absolute Gasteiger partial charge is 0.157 e. The van der Waals surface area contributed by atoms with E-state index in [1.165, 1.54) is 0 Å². The number of piperazine rings is 1. The number of benzene rings is 1. The lowest BCUT2D eigenvalue weighted by molar-refractivity contribution is 0.188. The van der Waals surface area contributed by atoms with Crippen molar-refractivity contribution < 1.29 is 10.2 Å². The number of hydrogen-bond donors (Lipinski definition) is 2. The molecular weight excluding hydrogens is 318 g/mol. The number of phenols is 1. The van der Waals surface area contributed by atoms with Gasteiger partial charge in [0.05, 0.1) is 18.5 Å². The Morgan fingerprint density at radius 2 is 1.76 bits per heavy atom. The van der Waals surface area contributed by atoms with Crippen LogP contribution in [-0.2, 0) is 0 Å². The van der Waals surface area contributed by atoms with E-state index >= 15 is 0 Å². The van der Waals surface area contributed by atoms with Gasteiger partial charge < -0.3 is 15.1 Å². The highest BCUT2D eigenvalue weighted by atomic mass is 16.3. The van der Waals surface area contributed by atoms with Crippen LogP contribution in [0, 0.1) is 0 Å². The van der Waals surface area contributed by atoms with Gasteiger partial charge in [-0.05, 0) is 24.3 Å². The van der Waals surface area contributed by atoms with Crippen LogP contribution in [-0.4, -0.2) is 69.0 Å². The van der Waals surface area contributed by atoms with E-state index in [1.54, 1.807) is 18.3 Å². The van der Waals surface area contributed by atoms with Gasteiger partial charge in [-0.15, -0.1) is 0 Å². The molecule has 3 heterocycles. The molecule has 1 aliphatic heterocycles. The van der Waals surface area contributed by atoms with Crippen LogP contribution in [0.5, 0.6) is 5.75 Å². The number of phenolic OH excluding ortho intramolecular Hbond substituents is 1. The first-order chi connectivity index (χ1) is 12.2. The number of hydrogen-bond acceptors (Lipinski definition) is 6. The fourth-order valence-electron chi connectivity index (χ4n) is 3.24. The van der Waals surface area contributed by atoms with Crippen molar-refractivity contribution in [3.8, 4) is 17.0 Å². The highest BCUT2D eigenvalue weighted by Crippen LogP contribution is 2.26. The first-order valence-corrected chi connectivity index (χ1v) is 8.47. The average molecular weight is 339 g/mol. The number of nitrogens with zero attached hydrogens (tertiary/aromatic N) is 5. The molecule has 0 aliphatic carbocycles. The molecule has 0 saturated carbocycles. The van der Waals surface area contributed by atoms with Crippen LogP contribution in [0.2, 0.25) is 0 Å². The second-order valence-corrected chi connectivity index (χ2v) is 6.20. The summed E-state index contributed by atoms with van der Waals surface area (Å²) < 4.78 is 1.87. The van der Waals surface area contributed by atoms with E-state index < -0.39 is 0 Å². The minimum Gasteiger partial charge on any atom is -0.508 e. The summed E-state index contributed by atoms with van der Waals surface area (Å²) in [5.41, 5.74) is 2.63. The SMILES string of the molecule is OCCN1CCN(c2cc(-c3ccc(O)cc3)nc3ccnn23)CC1. The molecule has 0 unspecified atom stereocenters. The van der Waals surface area contributed by atoms with Gasteiger partial charge in [0.15, 0.2) is 5.65 Å². The van der Waals surface area contributed by atoms with Crippen LogP contribution in [0.25, 0.3) is 16.9 Å². The Hall–Kier alpha value is -2.64. The molecule has 25 heavy (non-hydrogen) atoms. The van der Waals surface area contributed by atoms with Crippen molar-refractivity contribution in [1.82, 2.24) is 19.5 Å². The average Bonchev–Trinajstić information content (AvgIpc) is 3.11. The fourth-order valence-corrected chi connectivity index (χ4v) is 3.24. The van der Waals surface area contributed by atoms with Crippen LogP contribution in [0.3, 0.4) is 0 Å². The second-order valence-electron chi connectivity index (χ2n) is 6.20. The molecule has 2 aromatic heterocycles. The van der Waals surface area contributed by atoms with Gasteiger partial charge in [0.25, 0.3) is 0 Å². The third-order valence-corrected chi connectivity index (χ3v) is 4.62. The third kappa shape index (κ3) is 3.16. The molecule has 2 N–H and O–H groups in total. The van der Waals surface area contributed by atoms with Crippen molar-refractivity contribution in [3.05, 3.63) is 42.6 Å².